The van der Waals surface area contributed by atoms with Crippen molar-refractivity contribution in [2.45, 2.75) is 45.7 Å². The van der Waals surface area contributed by atoms with Gasteiger partial charge in [-0.1, -0.05) is 27.5 Å². The minimum absolute atomic E-state index is 0.000818. The summed E-state index contributed by atoms with van der Waals surface area (Å²) in [5.41, 5.74) is 0.0986. The van der Waals surface area contributed by atoms with Crippen LogP contribution in [0.2, 0.25) is 5.02 Å². The van der Waals surface area contributed by atoms with Gasteiger partial charge in [-0.2, -0.15) is 36.4 Å². The molecule has 3 heterocycles. The fourth-order valence-corrected chi connectivity index (χ4v) is 4.68. The highest BCUT2D eigenvalue weighted by Gasteiger charge is 2.44. The average Bonchev–Trinajstić information content (AvgIpc) is 3.50. The molecule has 4 rings (SSSR count). The van der Waals surface area contributed by atoms with Gasteiger partial charge in [-0.15, -0.1) is 5.10 Å². The van der Waals surface area contributed by atoms with Gasteiger partial charge in [-0.3, -0.25) is 9.59 Å². The topological polar surface area (TPSA) is 120 Å². The second kappa shape index (κ2) is 11.9. The van der Waals surface area contributed by atoms with Crippen molar-refractivity contribution >= 4 is 45.0 Å². The predicted octanol–water partition coefficient (Wildman–Crippen LogP) is 6.06. The summed E-state index contributed by atoms with van der Waals surface area (Å²) in [4.78, 5) is 33.2. The molecule has 3 aromatic heterocycles. The number of halogens is 8. The van der Waals surface area contributed by atoms with E-state index in [1.54, 1.807) is 26.8 Å². The monoisotopic (exact) mass is 692 g/mol. The van der Waals surface area contributed by atoms with Gasteiger partial charge in [-0.25, -0.2) is 14.3 Å². The molecule has 0 bridgehead atoms. The first kappa shape index (κ1) is 31.9. The molecule has 0 unspecified atom stereocenters. The number of carbonyl (C=O) groups excluding carboxylic acids is 2. The molecule has 0 saturated heterocycles. The van der Waals surface area contributed by atoms with E-state index >= 15 is 0 Å². The standard InChI is InChI=1S/C25H20BrClF6N8O2/c1-11(2)35-20(42)15-8-13(26)7-12(3)18(15)36-21(43)17-9-14(38-41(17)19-16(27)5-4-6-34-19)10-40-23(25(31,32)33)37-22(39-40)24(28,29)30/h4-9,11H,10H2,1-3H3,(H,35,42)(H,36,43). The van der Waals surface area contributed by atoms with Crippen LogP contribution in [0.3, 0.4) is 0 Å². The van der Waals surface area contributed by atoms with Gasteiger partial charge in [0.2, 0.25) is 5.82 Å². The first-order chi connectivity index (χ1) is 20.0. The summed E-state index contributed by atoms with van der Waals surface area (Å²) in [5, 5.41) is 12.4. The van der Waals surface area contributed by atoms with E-state index in [1.807, 2.05) is 0 Å². The number of aromatic nitrogens is 6. The van der Waals surface area contributed by atoms with Crippen molar-refractivity contribution < 1.29 is 35.9 Å². The number of aryl methyl sites for hydroxylation is 1. The number of rotatable bonds is 7. The summed E-state index contributed by atoms with van der Waals surface area (Å²) in [5.74, 6) is -5.39. The van der Waals surface area contributed by atoms with Crippen LogP contribution in [0.4, 0.5) is 32.0 Å². The maximum absolute atomic E-state index is 13.6. The summed E-state index contributed by atoms with van der Waals surface area (Å²) < 4.78 is 81.5. The largest absolute Gasteiger partial charge is 0.453 e. The first-order valence-electron chi connectivity index (χ1n) is 12.2. The molecule has 18 heteroatoms. The van der Waals surface area contributed by atoms with Gasteiger partial charge in [-0.05, 0) is 56.7 Å². The van der Waals surface area contributed by atoms with Crippen LogP contribution in [0, 0.1) is 6.92 Å². The van der Waals surface area contributed by atoms with E-state index < -0.39 is 42.4 Å². The highest BCUT2D eigenvalue weighted by Crippen LogP contribution is 2.33. The summed E-state index contributed by atoms with van der Waals surface area (Å²) in [6, 6.07) is 6.82. The van der Waals surface area contributed by atoms with Crippen molar-refractivity contribution in [2.75, 3.05) is 5.32 Å². The maximum Gasteiger partial charge on any atom is 0.453 e. The second-order valence-electron chi connectivity index (χ2n) is 9.38. The normalized spacial score (nSPS) is 12.1. The number of nitrogens with one attached hydrogen (secondary N) is 2. The molecule has 0 saturated carbocycles. The third kappa shape index (κ3) is 7.15. The number of nitrogens with zero attached hydrogens (tertiary/aromatic N) is 6. The highest BCUT2D eigenvalue weighted by atomic mass is 79.9. The average molecular weight is 694 g/mol. The van der Waals surface area contributed by atoms with Crippen molar-refractivity contribution in [2.24, 2.45) is 0 Å². The van der Waals surface area contributed by atoms with Crippen LogP contribution in [-0.2, 0) is 18.9 Å². The Morgan fingerprint density at radius 3 is 2.35 bits per heavy atom. The fraction of sp³-hybridized carbons (Fsp3) is 0.280. The Morgan fingerprint density at radius 2 is 1.74 bits per heavy atom. The number of benzene rings is 1. The van der Waals surface area contributed by atoms with Crippen molar-refractivity contribution in [1.82, 2.24) is 34.8 Å². The first-order valence-corrected chi connectivity index (χ1v) is 13.3. The van der Waals surface area contributed by atoms with Gasteiger partial charge < -0.3 is 10.6 Å². The highest BCUT2D eigenvalue weighted by molar-refractivity contribution is 9.10. The van der Waals surface area contributed by atoms with Gasteiger partial charge in [0.25, 0.3) is 17.6 Å². The van der Waals surface area contributed by atoms with Gasteiger partial charge in [0, 0.05) is 16.7 Å². The molecule has 43 heavy (non-hydrogen) atoms. The zero-order chi connectivity index (χ0) is 31.9. The lowest BCUT2D eigenvalue weighted by Crippen LogP contribution is -2.31. The molecule has 0 atom stereocenters. The van der Waals surface area contributed by atoms with Crippen LogP contribution < -0.4 is 10.6 Å². The molecule has 0 aliphatic carbocycles. The number of amides is 2. The molecule has 2 N–H and O–H groups in total. The summed E-state index contributed by atoms with van der Waals surface area (Å²) >= 11 is 9.56. The van der Waals surface area contributed by atoms with Crippen LogP contribution in [0.5, 0.6) is 0 Å². The Kier molecular flexibility index (Phi) is 8.87. The van der Waals surface area contributed by atoms with E-state index in [4.69, 9.17) is 11.6 Å². The molecule has 2 amide bonds. The van der Waals surface area contributed by atoms with Crippen LogP contribution >= 0.6 is 27.5 Å². The Labute approximate surface area is 252 Å². The van der Waals surface area contributed by atoms with E-state index in [9.17, 15) is 35.9 Å². The third-order valence-corrected chi connectivity index (χ3v) is 6.38. The van der Waals surface area contributed by atoms with Crippen molar-refractivity contribution in [3.8, 4) is 5.82 Å². The van der Waals surface area contributed by atoms with Crippen LogP contribution in [0.1, 0.15) is 57.6 Å². The molecular weight excluding hydrogens is 674 g/mol. The van der Waals surface area contributed by atoms with Crippen molar-refractivity contribution in [1.29, 1.82) is 0 Å². The lowest BCUT2D eigenvalue weighted by molar-refractivity contribution is -0.150. The van der Waals surface area contributed by atoms with Gasteiger partial charge in [0.1, 0.15) is 5.69 Å². The Morgan fingerprint density at radius 1 is 1.05 bits per heavy atom. The quantitative estimate of drug-likeness (QED) is 0.227. The zero-order valence-corrected chi connectivity index (χ0v) is 24.6. The van der Waals surface area contributed by atoms with Crippen molar-refractivity contribution in [3.05, 3.63) is 80.2 Å². The number of pyridine rings is 1. The molecule has 0 spiro atoms. The fourth-order valence-electron chi connectivity index (χ4n) is 3.91. The minimum Gasteiger partial charge on any atom is -0.350 e. The molecular formula is C25H20BrClF6N8O2. The molecule has 0 fully saturated rings. The third-order valence-electron chi connectivity index (χ3n) is 5.63. The Bertz CT molecular complexity index is 1700. The molecule has 0 aliphatic heterocycles. The molecule has 1 aromatic carbocycles. The molecule has 0 aliphatic rings. The van der Waals surface area contributed by atoms with E-state index in [0.717, 1.165) is 10.7 Å². The lowest BCUT2D eigenvalue weighted by Gasteiger charge is -2.16. The smallest absolute Gasteiger partial charge is 0.350 e. The van der Waals surface area contributed by atoms with Crippen LogP contribution in [-0.4, -0.2) is 47.4 Å². The minimum atomic E-state index is -5.28. The van der Waals surface area contributed by atoms with E-state index in [2.05, 4.69) is 46.7 Å². The molecule has 228 valence electrons. The Hall–Kier alpha value is -3.99. The molecule has 0 radical (unpaired) electrons. The summed E-state index contributed by atoms with van der Waals surface area (Å²) in [6.45, 7) is 4.17. The van der Waals surface area contributed by atoms with Crippen molar-refractivity contribution in [3.63, 3.8) is 0 Å². The molecule has 4 aromatic rings. The van der Waals surface area contributed by atoms with Gasteiger partial charge in [0.15, 0.2) is 5.82 Å². The molecule has 10 nitrogen and oxygen atoms in total. The van der Waals surface area contributed by atoms with E-state index in [0.29, 0.717) is 10.0 Å². The SMILES string of the molecule is Cc1cc(Br)cc(C(=O)NC(C)C)c1NC(=O)c1cc(Cn2nc(C(F)(F)F)nc2C(F)(F)F)nn1-c1ncccc1Cl. The van der Waals surface area contributed by atoms with E-state index in [-0.39, 0.29) is 44.2 Å². The summed E-state index contributed by atoms with van der Waals surface area (Å²) in [7, 11) is 0. The van der Waals surface area contributed by atoms with Gasteiger partial charge in [0.05, 0.1) is 28.5 Å². The van der Waals surface area contributed by atoms with E-state index in [1.165, 1.54) is 24.4 Å². The number of hydrogen-bond donors (Lipinski definition) is 2. The number of hydrogen-bond acceptors (Lipinski definition) is 6. The van der Waals surface area contributed by atoms with Crippen LogP contribution in [0.25, 0.3) is 5.82 Å². The second-order valence-corrected chi connectivity index (χ2v) is 10.7. The number of carbonyl (C=O) groups is 2. The summed E-state index contributed by atoms with van der Waals surface area (Å²) in [6.07, 6.45) is -9.22. The number of anilines is 1. The van der Waals surface area contributed by atoms with Gasteiger partial charge >= 0.3 is 12.4 Å². The zero-order valence-electron chi connectivity index (χ0n) is 22.3. The lowest BCUT2D eigenvalue weighted by atomic mass is 10.1. The Balaban J connectivity index is 1.81. The van der Waals surface area contributed by atoms with Crippen LogP contribution in [0.15, 0.2) is 41.0 Å². The number of alkyl halides is 6. The predicted molar refractivity (Wildman–Crippen MR) is 145 cm³/mol. The maximum atomic E-state index is 13.6.